The van der Waals surface area contributed by atoms with Gasteiger partial charge in [0.2, 0.25) is 0 Å². The summed E-state index contributed by atoms with van der Waals surface area (Å²) in [4.78, 5) is 38.0. The lowest BCUT2D eigenvalue weighted by molar-refractivity contribution is -0.146. The van der Waals surface area contributed by atoms with Gasteiger partial charge in [-0.2, -0.15) is 0 Å². The maximum Gasteiger partial charge on any atom is 0.338 e. The molecule has 0 aliphatic heterocycles. The number of hydrogen-bond acceptors (Lipinski definition) is 6. The molecule has 2 aromatic rings. The second-order valence-corrected chi connectivity index (χ2v) is 15.3. The van der Waals surface area contributed by atoms with E-state index >= 15 is 0 Å². The summed E-state index contributed by atoms with van der Waals surface area (Å²) in [6.45, 7) is 10.8. The second kappa shape index (κ2) is 10.7. The molecular formula is C27H34O7Si. The Morgan fingerprint density at radius 2 is 1.31 bits per heavy atom. The standard InChI is InChI=1S/C27H34O7Si/c1-27(2,3)35(4,5)32-17-20-16-21(24(28)29)23(34-26(31)19-14-10-7-11-15-19)22(20)33-25(30)18-12-8-6-9-13-18/h6-15,20-23H,16-17H2,1-5H3,(H,28,29)/t20-,21-,22-,23+/m1/s1. The SMILES string of the molecule is CC(C)(C)[Si](C)(C)OC[C@H]1C[C@@H](C(=O)O)[C@H](OC(=O)c2ccccc2)[C@@H]1OC(=O)c1ccccc1. The number of aliphatic carboxylic acids is 1. The summed E-state index contributed by atoms with van der Waals surface area (Å²) < 4.78 is 17.9. The number of rotatable bonds is 8. The van der Waals surface area contributed by atoms with Gasteiger partial charge in [-0.3, -0.25) is 4.79 Å². The van der Waals surface area contributed by atoms with Gasteiger partial charge in [-0.25, -0.2) is 9.59 Å². The van der Waals surface area contributed by atoms with Crippen molar-refractivity contribution in [3.8, 4) is 0 Å². The highest BCUT2D eigenvalue weighted by Crippen LogP contribution is 2.41. The zero-order chi connectivity index (χ0) is 25.8. The fourth-order valence-corrected chi connectivity index (χ4v) is 4.94. The number of ether oxygens (including phenoxy) is 2. The molecule has 3 rings (SSSR count). The molecule has 1 N–H and O–H groups in total. The third kappa shape index (κ3) is 6.38. The quantitative estimate of drug-likeness (QED) is 0.395. The Kier molecular flexibility index (Phi) is 8.17. The van der Waals surface area contributed by atoms with Gasteiger partial charge in [0.25, 0.3) is 0 Å². The van der Waals surface area contributed by atoms with Crippen LogP contribution in [0.5, 0.6) is 0 Å². The van der Waals surface area contributed by atoms with Crippen LogP contribution in [-0.4, -0.2) is 50.1 Å². The number of benzene rings is 2. The van der Waals surface area contributed by atoms with Gasteiger partial charge in [-0.05, 0) is 48.8 Å². The zero-order valence-corrected chi connectivity index (χ0v) is 21.9. The van der Waals surface area contributed by atoms with Gasteiger partial charge in [0, 0.05) is 12.5 Å². The summed E-state index contributed by atoms with van der Waals surface area (Å²) in [6, 6.07) is 16.8. The summed E-state index contributed by atoms with van der Waals surface area (Å²) in [5.41, 5.74) is 0.634. The van der Waals surface area contributed by atoms with E-state index in [4.69, 9.17) is 13.9 Å². The van der Waals surface area contributed by atoms with E-state index in [1.807, 2.05) is 0 Å². The second-order valence-electron chi connectivity index (χ2n) is 10.5. The Morgan fingerprint density at radius 3 is 1.74 bits per heavy atom. The van der Waals surface area contributed by atoms with Gasteiger partial charge in [0.15, 0.2) is 14.4 Å². The highest BCUT2D eigenvalue weighted by molar-refractivity contribution is 6.74. The first-order valence-electron chi connectivity index (χ1n) is 11.8. The Labute approximate surface area is 207 Å². The molecule has 0 heterocycles. The predicted molar refractivity (Wildman–Crippen MR) is 134 cm³/mol. The molecule has 4 atom stereocenters. The molecule has 188 valence electrons. The van der Waals surface area contributed by atoms with E-state index in [0.29, 0.717) is 11.1 Å². The molecule has 0 saturated heterocycles. The normalized spacial score (nSPS) is 22.4. The van der Waals surface area contributed by atoms with Gasteiger partial charge in [0.05, 0.1) is 17.0 Å². The third-order valence-corrected chi connectivity index (χ3v) is 11.5. The van der Waals surface area contributed by atoms with E-state index < -0.39 is 50.3 Å². The fraction of sp³-hybridized carbons (Fsp3) is 0.444. The summed E-state index contributed by atoms with van der Waals surface area (Å²) >= 11 is 0. The first kappa shape index (κ1) is 26.6. The highest BCUT2D eigenvalue weighted by Gasteiger charge is 2.52. The van der Waals surface area contributed by atoms with Gasteiger partial charge in [-0.1, -0.05) is 57.2 Å². The van der Waals surface area contributed by atoms with Gasteiger partial charge >= 0.3 is 17.9 Å². The number of carbonyl (C=O) groups is 3. The molecule has 7 nitrogen and oxygen atoms in total. The predicted octanol–water partition coefficient (Wildman–Crippen LogP) is 5.18. The van der Waals surface area contributed by atoms with Crippen molar-refractivity contribution < 1.29 is 33.4 Å². The lowest BCUT2D eigenvalue weighted by Gasteiger charge is -2.37. The Bertz CT molecular complexity index is 1030. The van der Waals surface area contributed by atoms with Gasteiger partial charge < -0.3 is 19.0 Å². The van der Waals surface area contributed by atoms with Crippen LogP contribution < -0.4 is 0 Å². The minimum Gasteiger partial charge on any atom is -0.481 e. The molecule has 0 radical (unpaired) electrons. The maximum atomic E-state index is 12.9. The maximum absolute atomic E-state index is 12.9. The van der Waals surface area contributed by atoms with Crippen molar-refractivity contribution in [2.24, 2.45) is 11.8 Å². The Hall–Kier alpha value is -2.97. The van der Waals surface area contributed by atoms with Crippen molar-refractivity contribution in [1.29, 1.82) is 0 Å². The van der Waals surface area contributed by atoms with Crippen molar-refractivity contribution in [3.63, 3.8) is 0 Å². The molecule has 2 aromatic carbocycles. The topological polar surface area (TPSA) is 99.1 Å². The van der Waals surface area contributed by atoms with Crippen molar-refractivity contribution in [3.05, 3.63) is 71.8 Å². The minimum atomic E-state index is -2.16. The highest BCUT2D eigenvalue weighted by atomic mass is 28.4. The van der Waals surface area contributed by atoms with Crippen molar-refractivity contribution in [2.75, 3.05) is 6.61 Å². The molecular weight excluding hydrogens is 464 g/mol. The summed E-state index contributed by atoms with van der Waals surface area (Å²) in [5.74, 6) is -3.82. The number of carboxylic acid groups (broad SMARTS) is 1. The van der Waals surface area contributed by atoms with Crippen LogP contribution in [-0.2, 0) is 18.7 Å². The molecule has 0 amide bonds. The van der Waals surface area contributed by atoms with E-state index in [1.54, 1.807) is 60.7 Å². The average Bonchev–Trinajstić information content (AvgIpc) is 3.15. The molecule has 0 spiro atoms. The molecule has 0 aromatic heterocycles. The lowest BCUT2D eigenvalue weighted by Crippen LogP contribution is -2.44. The first-order chi connectivity index (χ1) is 16.4. The van der Waals surface area contributed by atoms with Crippen molar-refractivity contribution in [2.45, 2.75) is 57.5 Å². The van der Waals surface area contributed by atoms with Crippen LogP contribution >= 0.6 is 0 Å². The molecule has 0 unspecified atom stereocenters. The van der Waals surface area contributed by atoms with Crippen LogP contribution in [0.4, 0.5) is 0 Å². The van der Waals surface area contributed by atoms with Gasteiger partial charge in [-0.15, -0.1) is 0 Å². The van der Waals surface area contributed by atoms with Crippen molar-refractivity contribution in [1.82, 2.24) is 0 Å². The molecule has 0 bridgehead atoms. The Morgan fingerprint density at radius 1 is 0.857 bits per heavy atom. The van der Waals surface area contributed by atoms with Crippen LogP contribution in [0.2, 0.25) is 18.1 Å². The summed E-state index contributed by atoms with van der Waals surface area (Å²) in [5, 5.41) is 9.90. The smallest absolute Gasteiger partial charge is 0.338 e. The summed E-state index contributed by atoms with van der Waals surface area (Å²) in [7, 11) is -2.16. The Balaban J connectivity index is 1.89. The molecule has 35 heavy (non-hydrogen) atoms. The number of hydrogen-bond donors (Lipinski definition) is 1. The van der Waals surface area contributed by atoms with Crippen LogP contribution in [0.3, 0.4) is 0 Å². The third-order valence-electron chi connectivity index (χ3n) is 7.03. The minimum absolute atomic E-state index is 0.0484. The summed E-state index contributed by atoms with van der Waals surface area (Å²) in [6.07, 6.45) is -1.93. The van der Waals surface area contributed by atoms with E-state index in [9.17, 15) is 19.5 Å². The molecule has 8 heteroatoms. The number of esters is 2. The van der Waals surface area contributed by atoms with E-state index in [1.165, 1.54) is 0 Å². The molecule has 1 saturated carbocycles. The monoisotopic (exact) mass is 498 g/mol. The molecule has 1 aliphatic carbocycles. The molecule has 1 fully saturated rings. The van der Waals surface area contributed by atoms with E-state index in [0.717, 1.165) is 0 Å². The zero-order valence-electron chi connectivity index (χ0n) is 20.9. The van der Waals surface area contributed by atoms with Crippen molar-refractivity contribution >= 4 is 26.2 Å². The first-order valence-corrected chi connectivity index (χ1v) is 14.7. The van der Waals surface area contributed by atoms with E-state index in [-0.39, 0.29) is 18.1 Å². The van der Waals surface area contributed by atoms with Crippen LogP contribution in [0, 0.1) is 11.8 Å². The lowest BCUT2D eigenvalue weighted by atomic mass is 10.1. The van der Waals surface area contributed by atoms with Crippen LogP contribution in [0.15, 0.2) is 60.7 Å². The van der Waals surface area contributed by atoms with Crippen LogP contribution in [0.1, 0.15) is 47.9 Å². The largest absolute Gasteiger partial charge is 0.481 e. The fourth-order valence-electron chi connectivity index (χ4n) is 3.87. The number of carbonyl (C=O) groups excluding carboxylic acids is 2. The average molecular weight is 499 g/mol. The van der Waals surface area contributed by atoms with E-state index in [2.05, 4.69) is 33.9 Å². The molecule has 1 aliphatic rings. The number of carboxylic acids is 1. The van der Waals surface area contributed by atoms with Gasteiger partial charge in [0.1, 0.15) is 6.10 Å². The van der Waals surface area contributed by atoms with Crippen LogP contribution in [0.25, 0.3) is 0 Å².